The molecule has 0 saturated heterocycles. The summed E-state index contributed by atoms with van der Waals surface area (Å²) < 4.78 is 45.1. The van der Waals surface area contributed by atoms with E-state index in [9.17, 15) is 13.2 Å². The van der Waals surface area contributed by atoms with Crippen LogP contribution in [0.3, 0.4) is 0 Å². The maximum absolute atomic E-state index is 12.0. The molecular weight excluding hydrogens is 283 g/mol. The van der Waals surface area contributed by atoms with Gasteiger partial charge in [0, 0.05) is 26.8 Å². The summed E-state index contributed by atoms with van der Waals surface area (Å²) in [4.78, 5) is 0. The Morgan fingerprint density at radius 3 is 2.38 bits per heavy atom. The van der Waals surface area contributed by atoms with Gasteiger partial charge < -0.3 is 14.8 Å². The van der Waals surface area contributed by atoms with Gasteiger partial charge in [0.25, 0.3) is 0 Å². The van der Waals surface area contributed by atoms with Crippen molar-refractivity contribution in [3.63, 3.8) is 0 Å². The number of hydrogen-bond acceptors (Lipinski definition) is 3. The van der Waals surface area contributed by atoms with Gasteiger partial charge in [-0.2, -0.15) is 0 Å². The van der Waals surface area contributed by atoms with Gasteiger partial charge in [-0.25, -0.2) is 0 Å². The highest BCUT2D eigenvalue weighted by Gasteiger charge is 2.41. The molecule has 6 heteroatoms. The zero-order valence-corrected chi connectivity index (χ0v) is 12.0. The highest BCUT2D eigenvalue weighted by Crippen LogP contribution is 2.48. The van der Waals surface area contributed by atoms with E-state index in [1.54, 1.807) is 19.2 Å². The molecule has 0 aliphatic heterocycles. The summed E-state index contributed by atoms with van der Waals surface area (Å²) in [5.41, 5.74) is 1.29. The molecule has 0 atom stereocenters. The van der Waals surface area contributed by atoms with Crippen molar-refractivity contribution in [2.24, 2.45) is 5.41 Å². The molecule has 0 spiro atoms. The third kappa shape index (κ3) is 5.55. The molecule has 1 saturated carbocycles. The summed E-state index contributed by atoms with van der Waals surface area (Å²) in [5.74, 6) is -0.190. The molecule has 2 rings (SSSR count). The van der Waals surface area contributed by atoms with Crippen molar-refractivity contribution in [2.75, 3.05) is 20.3 Å². The molecule has 0 amide bonds. The Balaban J connectivity index is 1.74. The predicted molar refractivity (Wildman–Crippen MR) is 73.0 cm³/mol. The highest BCUT2D eigenvalue weighted by molar-refractivity contribution is 5.27. The van der Waals surface area contributed by atoms with Crippen molar-refractivity contribution in [2.45, 2.75) is 32.2 Å². The van der Waals surface area contributed by atoms with Gasteiger partial charge in [0.15, 0.2) is 0 Å². The minimum atomic E-state index is -4.64. The summed E-state index contributed by atoms with van der Waals surface area (Å²) in [7, 11) is 1.70. The van der Waals surface area contributed by atoms with Gasteiger partial charge in [-0.15, -0.1) is 13.2 Å². The zero-order chi connectivity index (χ0) is 15.3. The van der Waals surface area contributed by atoms with Crippen molar-refractivity contribution >= 4 is 0 Å². The van der Waals surface area contributed by atoms with Gasteiger partial charge in [0.05, 0.1) is 0 Å². The SMILES string of the molecule is COCCC1(CNCc2ccc(OC(F)(F)F)cc2)CC1. The molecule has 0 bridgehead atoms. The van der Waals surface area contributed by atoms with Crippen molar-refractivity contribution in [3.8, 4) is 5.75 Å². The van der Waals surface area contributed by atoms with E-state index in [2.05, 4.69) is 10.1 Å². The van der Waals surface area contributed by atoms with Crippen LogP contribution in [0, 0.1) is 5.41 Å². The number of ether oxygens (including phenoxy) is 2. The van der Waals surface area contributed by atoms with Crippen LogP contribution in [0.25, 0.3) is 0 Å². The largest absolute Gasteiger partial charge is 0.573 e. The number of rotatable bonds is 8. The monoisotopic (exact) mass is 303 g/mol. The predicted octanol–water partition coefficient (Wildman–Crippen LogP) is 3.49. The Bertz CT molecular complexity index is 441. The second-order valence-corrected chi connectivity index (χ2v) is 5.54. The number of nitrogens with one attached hydrogen (secondary N) is 1. The molecule has 1 fully saturated rings. The van der Waals surface area contributed by atoms with Crippen molar-refractivity contribution in [3.05, 3.63) is 29.8 Å². The van der Waals surface area contributed by atoms with Crippen LogP contribution >= 0.6 is 0 Å². The summed E-state index contributed by atoms with van der Waals surface area (Å²) in [6.07, 6.45) is -1.17. The Labute approximate surface area is 122 Å². The number of methoxy groups -OCH3 is 1. The number of alkyl halides is 3. The van der Waals surface area contributed by atoms with Gasteiger partial charge >= 0.3 is 6.36 Å². The van der Waals surface area contributed by atoms with Crippen LogP contribution < -0.4 is 10.1 Å². The van der Waals surface area contributed by atoms with Crippen molar-refractivity contribution in [1.82, 2.24) is 5.32 Å². The van der Waals surface area contributed by atoms with Crippen LogP contribution in [0.1, 0.15) is 24.8 Å². The fourth-order valence-electron chi connectivity index (χ4n) is 2.29. The fourth-order valence-corrected chi connectivity index (χ4v) is 2.29. The van der Waals surface area contributed by atoms with Crippen LogP contribution in [0.5, 0.6) is 5.75 Å². The lowest BCUT2D eigenvalue weighted by molar-refractivity contribution is -0.274. The minimum absolute atomic E-state index is 0.190. The molecule has 0 radical (unpaired) electrons. The standard InChI is InChI=1S/C15H20F3NO2/c1-20-9-8-14(6-7-14)11-19-10-12-2-4-13(5-3-12)21-15(16,17)18/h2-5,19H,6-11H2,1H3. The minimum Gasteiger partial charge on any atom is -0.406 e. The van der Waals surface area contributed by atoms with E-state index >= 15 is 0 Å². The van der Waals surface area contributed by atoms with Crippen LogP contribution in [0.4, 0.5) is 13.2 Å². The summed E-state index contributed by atoms with van der Waals surface area (Å²) >= 11 is 0. The van der Waals surface area contributed by atoms with Crippen molar-refractivity contribution in [1.29, 1.82) is 0 Å². The molecule has 1 aromatic carbocycles. The molecule has 21 heavy (non-hydrogen) atoms. The molecule has 1 aromatic rings. The van der Waals surface area contributed by atoms with E-state index in [-0.39, 0.29) is 5.75 Å². The quantitative estimate of drug-likeness (QED) is 0.797. The molecule has 118 valence electrons. The smallest absolute Gasteiger partial charge is 0.406 e. The molecule has 1 aliphatic rings. The van der Waals surface area contributed by atoms with E-state index in [1.165, 1.54) is 25.0 Å². The van der Waals surface area contributed by atoms with Crippen LogP contribution in [-0.4, -0.2) is 26.6 Å². The number of halogens is 3. The molecule has 3 nitrogen and oxygen atoms in total. The lowest BCUT2D eigenvalue weighted by atomic mass is 10.0. The van der Waals surface area contributed by atoms with Gasteiger partial charge in [0.2, 0.25) is 0 Å². The van der Waals surface area contributed by atoms with Gasteiger partial charge in [-0.3, -0.25) is 0 Å². The average Bonchev–Trinajstić information content (AvgIpc) is 3.17. The topological polar surface area (TPSA) is 30.5 Å². The number of benzene rings is 1. The zero-order valence-electron chi connectivity index (χ0n) is 12.0. The first-order valence-corrected chi connectivity index (χ1v) is 6.97. The fraction of sp³-hybridized carbons (Fsp3) is 0.600. The number of hydrogen-bond donors (Lipinski definition) is 1. The molecule has 0 aromatic heterocycles. The third-order valence-corrected chi connectivity index (χ3v) is 3.78. The molecule has 0 heterocycles. The highest BCUT2D eigenvalue weighted by atomic mass is 19.4. The first-order valence-electron chi connectivity index (χ1n) is 6.97. The summed E-state index contributed by atoms with van der Waals surface area (Å²) in [6.45, 7) is 2.32. The lowest BCUT2D eigenvalue weighted by Crippen LogP contribution is -2.24. The first-order chi connectivity index (χ1) is 9.92. The Kier molecular flexibility index (Phi) is 5.11. The van der Waals surface area contributed by atoms with E-state index < -0.39 is 6.36 Å². The molecule has 1 aliphatic carbocycles. The Morgan fingerprint density at radius 2 is 1.86 bits per heavy atom. The second kappa shape index (κ2) is 6.66. The van der Waals surface area contributed by atoms with E-state index in [1.807, 2.05) is 0 Å². The van der Waals surface area contributed by atoms with Gasteiger partial charge in [0.1, 0.15) is 5.75 Å². The molecular formula is C15H20F3NO2. The Hall–Kier alpha value is -1.27. The maximum Gasteiger partial charge on any atom is 0.573 e. The van der Waals surface area contributed by atoms with Crippen molar-refractivity contribution < 1.29 is 22.6 Å². The third-order valence-electron chi connectivity index (χ3n) is 3.78. The maximum atomic E-state index is 12.0. The Morgan fingerprint density at radius 1 is 1.19 bits per heavy atom. The summed E-state index contributed by atoms with van der Waals surface area (Å²) in [5, 5.41) is 3.36. The van der Waals surface area contributed by atoms with E-state index in [4.69, 9.17) is 4.74 Å². The molecule has 1 N–H and O–H groups in total. The molecule has 0 unspecified atom stereocenters. The van der Waals surface area contributed by atoms with E-state index in [0.29, 0.717) is 12.0 Å². The normalized spacial score (nSPS) is 16.8. The lowest BCUT2D eigenvalue weighted by Gasteiger charge is -2.15. The second-order valence-electron chi connectivity index (χ2n) is 5.54. The van der Waals surface area contributed by atoms with Crippen LogP contribution in [-0.2, 0) is 11.3 Å². The average molecular weight is 303 g/mol. The van der Waals surface area contributed by atoms with Gasteiger partial charge in [-0.1, -0.05) is 12.1 Å². The van der Waals surface area contributed by atoms with Crippen LogP contribution in [0.15, 0.2) is 24.3 Å². The first kappa shape index (κ1) is 16.1. The summed E-state index contributed by atoms with van der Waals surface area (Å²) in [6, 6.07) is 5.95. The van der Waals surface area contributed by atoms with Gasteiger partial charge in [-0.05, 0) is 42.4 Å². The van der Waals surface area contributed by atoms with E-state index in [0.717, 1.165) is 25.1 Å². The van der Waals surface area contributed by atoms with Crippen LogP contribution in [0.2, 0.25) is 0 Å².